The Hall–Kier alpha value is -2.24. The third-order valence-corrected chi connectivity index (χ3v) is 2.36. The van der Waals surface area contributed by atoms with Crippen LogP contribution in [0.2, 0.25) is 0 Å². The van der Waals surface area contributed by atoms with Gasteiger partial charge in [0.05, 0.1) is 12.2 Å². The van der Waals surface area contributed by atoms with Gasteiger partial charge in [0.15, 0.2) is 0 Å². The number of alkyl carbamates (subject to hydrolysis) is 1. The summed E-state index contributed by atoms with van der Waals surface area (Å²) in [5.41, 5.74) is -0.291. The van der Waals surface area contributed by atoms with Crippen LogP contribution >= 0.6 is 0 Å². The lowest BCUT2D eigenvalue weighted by atomic mass is 10.2. The highest BCUT2D eigenvalue weighted by atomic mass is 16.6. The van der Waals surface area contributed by atoms with Gasteiger partial charge in [0.2, 0.25) is 0 Å². The zero-order valence-corrected chi connectivity index (χ0v) is 12.5. The van der Waals surface area contributed by atoms with Crippen molar-refractivity contribution in [3.63, 3.8) is 0 Å². The summed E-state index contributed by atoms with van der Waals surface area (Å²) in [5.74, 6) is -0.375. The average molecular weight is 295 g/mol. The van der Waals surface area contributed by atoms with Crippen LogP contribution in [0, 0.1) is 0 Å². The van der Waals surface area contributed by atoms with E-state index in [1.807, 2.05) is 0 Å². The van der Waals surface area contributed by atoms with Gasteiger partial charge in [-0.25, -0.2) is 9.59 Å². The number of nitrogens with one attached hydrogen (secondary N) is 1. The lowest BCUT2D eigenvalue weighted by Gasteiger charge is -2.19. The van der Waals surface area contributed by atoms with Gasteiger partial charge in [-0.2, -0.15) is 0 Å². The van der Waals surface area contributed by atoms with Crippen molar-refractivity contribution in [1.29, 1.82) is 0 Å². The molecule has 0 aliphatic rings. The van der Waals surface area contributed by atoms with Crippen LogP contribution in [0.25, 0.3) is 0 Å². The van der Waals surface area contributed by atoms with Gasteiger partial charge in [0.1, 0.15) is 11.4 Å². The molecule has 0 bridgehead atoms. The number of carboxylic acids is 1. The molecule has 0 saturated carbocycles. The average Bonchev–Trinajstić information content (AvgIpc) is 2.36. The van der Waals surface area contributed by atoms with Crippen molar-refractivity contribution < 1.29 is 24.2 Å². The summed E-state index contributed by atoms with van der Waals surface area (Å²) in [6.07, 6.45) is 0.174. The van der Waals surface area contributed by atoms with Crippen molar-refractivity contribution in [1.82, 2.24) is 5.32 Å². The van der Waals surface area contributed by atoms with Gasteiger partial charge in [-0.3, -0.25) is 0 Å². The van der Waals surface area contributed by atoms with E-state index in [1.54, 1.807) is 32.9 Å². The molecule has 6 heteroatoms. The smallest absolute Gasteiger partial charge is 0.407 e. The molecule has 0 spiro atoms. The minimum Gasteiger partial charge on any atom is -0.494 e. The number of carboxylic acid groups (broad SMARTS) is 1. The van der Waals surface area contributed by atoms with Crippen molar-refractivity contribution in [3.05, 3.63) is 29.8 Å². The number of carbonyl (C=O) groups is 2. The third-order valence-electron chi connectivity index (χ3n) is 2.36. The van der Waals surface area contributed by atoms with Gasteiger partial charge in [0.25, 0.3) is 0 Å². The number of rotatable bonds is 6. The molecule has 0 unspecified atom stereocenters. The highest BCUT2D eigenvalue weighted by Gasteiger charge is 2.15. The van der Waals surface area contributed by atoms with Crippen LogP contribution in [0.3, 0.4) is 0 Å². The normalized spacial score (nSPS) is 10.8. The van der Waals surface area contributed by atoms with Crippen molar-refractivity contribution >= 4 is 12.1 Å². The van der Waals surface area contributed by atoms with E-state index in [-0.39, 0.29) is 5.56 Å². The molecule has 0 aromatic heterocycles. The van der Waals surface area contributed by atoms with Gasteiger partial charge < -0.3 is 19.9 Å². The Bertz CT molecular complexity index is 476. The van der Waals surface area contributed by atoms with E-state index in [9.17, 15) is 9.59 Å². The first-order valence-electron chi connectivity index (χ1n) is 6.71. The minimum absolute atomic E-state index is 0.217. The second-order valence-corrected chi connectivity index (χ2v) is 5.46. The lowest BCUT2D eigenvalue weighted by molar-refractivity contribution is 0.0525. The summed E-state index contributed by atoms with van der Waals surface area (Å²) in [4.78, 5) is 22.0. The van der Waals surface area contributed by atoms with E-state index < -0.39 is 17.7 Å². The first-order chi connectivity index (χ1) is 9.78. The van der Waals surface area contributed by atoms with Gasteiger partial charge in [0, 0.05) is 6.54 Å². The van der Waals surface area contributed by atoms with Crippen molar-refractivity contribution in [3.8, 4) is 5.75 Å². The minimum atomic E-state index is -0.969. The molecule has 0 saturated heterocycles. The number of amides is 1. The summed E-state index contributed by atoms with van der Waals surface area (Å²) in [5, 5.41) is 11.4. The molecule has 1 aromatic carbocycles. The molecule has 0 heterocycles. The molecule has 21 heavy (non-hydrogen) atoms. The lowest BCUT2D eigenvalue weighted by Crippen LogP contribution is -2.33. The zero-order chi connectivity index (χ0) is 15.9. The summed E-state index contributed by atoms with van der Waals surface area (Å²) in [6.45, 7) is 6.27. The number of ether oxygens (including phenoxy) is 2. The molecule has 116 valence electrons. The van der Waals surface area contributed by atoms with E-state index in [0.717, 1.165) is 0 Å². The summed E-state index contributed by atoms with van der Waals surface area (Å²) in [6, 6.07) is 6.17. The Morgan fingerprint density at radius 2 is 1.81 bits per heavy atom. The highest BCUT2D eigenvalue weighted by molar-refractivity contribution is 5.87. The fraction of sp³-hybridized carbons (Fsp3) is 0.467. The molecular weight excluding hydrogens is 274 g/mol. The molecular formula is C15H21NO5. The van der Waals surface area contributed by atoms with Crippen molar-refractivity contribution in [2.45, 2.75) is 32.8 Å². The number of hydrogen-bond acceptors (Lipinski definition) is 4. The molecule has 1 rings (SSSR count). The Labute approximate surface area is 124 Å². The Morgan fingerprint density at radius 1 is 1.19 bits per heavy atom. The van der Waals surface area contributed by atoms with Gasteiger partial charge in [-0.1, -0.05) is 0 Å². The number of benzene rings is 1. The van der Waals surface area contributed by atoms with Crippen molar-refractivity contribution in [2.75, 3.05) is 13.2 Å². The summed E-state index contributed by atoms with van der Waals surface area (Å²) < 4.78 is 10.5. The van der Waals surface area contributed by atoms with Crippen molar-refractivity contribution in [2.24, 2.45) is 0 Å². The van der Waals surface area contributed by atoms with Crippen LogP contribution < -0.4 is 10.1 Å². The first-order valence-corrected chi connectivity index (χ1v) is 6.71. The highest BCUT2D eigenvalue weighted by Crippen LogP contribution is 2.12. The molecule has 0 aliphatic carbocycles. The Balaban J connectivity index is 2.19. The maximum absolute atomic E-state index is 11.4. The molecule has 0 radical (unpaired) electrons. The van der Waals surface area contributed by atoms with Gasteiger partial charge in [-0.15, -0.1) is 0 Å². The van der Waals surface area contributed by atoms with Crippen LogP contribution in [0.1, 0.15) is 37.6 Å². The third kappa shape index (κ3) is 7.20. The largest absolute Gasteiger partial charge is 0.494 e. The van der Waals surface area contributed by atoms with E-state index in [0.29, 0.717) is 25.3 Å². The predicted molar refractivity (Wildman–Crippen MR) is 77.8 cm³/mol. The number of aromatic carboxylic acids is 1. The molecule has 1 aromatic rings. The fourth-order valence-electron chi connectivity index (χ4n) is 1.46. The Kier molecular flexibility index (Phi) is 6.02. The molecule has 0 aliphatic heterocycles. The summed E-state index contributed by atoms with van der Waals surface area (Å²) in [7, 11) is 0. The van der Waals surface area contributed by atoms with Crippen LogP contribution in [0.5, 0.6) is 5.75 Å². The van der Waals surface area contributed by atoms with Gasteiger partial charge in [-0.05, 0) is 51.5 Å². The molecule has 0 fully saturated rings. The predicted octanol–water partition coefficient (Wildman–Crippen LogP) is 2.68. The maximum atomic E-state index is 11.4. The van der Waals surface area contributed by atoms with E-state index >= 15 is 0 Å². The standard InChI is InChI=1S/C15H21NO5/c1-15(2,3)21-14(19)16-9-4-10-20-12-7-5-11(6-8-12)13(17)18/h5-8H,4,9-10H2,1-3H3,(H,16,19)(H,17,18). The Morgan fingerprint density at radius 3 is 2.33 bits per heavy atom. The maximum Gasteiger partial charge on any atom is 0.407 e. The topological polar surface area (TPSA) is 84.9 Å². The molecule has 2 N–H and O–H groups in total. The van der Waals surface area contributed by atoms with Crippen LogP contribution in [0.15, 0.2) is 24.3 Å². The zero-order valence-electron chi connectivity index (χ0n) is 12.5. The molecule has 1 amide bonds. The number of hydrogen-bond donors (Lipinski definition) is 2. The van der Waals surface area contributed by atoms with Gasteiger partial charge >= 0.3 is 12.1 Å². The molecule has 0 atom stereocenters. The van der Waals surface area contributed by atoms with E-state index in [2.05, 4.69) is 5.32 Å². The second kappa shape index (κ2) is 7.52. The van der Waals surface area contributed by atoms with E-state index in [4.69, 9.17) is 14.6 Å². The quantitative estimate of drug-likeness (QED) is 0.788. The first kappa shape index (κ1) is 16.8. The second-order valence-electron chi connectivity index (χ2n) is 5.46. The summed E-state index contributed by atoms with van der Waals surface area (Å²) >= 11 is 0. The van der Waals surface area contributed by atoms with E-state index in [1.165, 1.54) is 12.1 Å². The van der Waals surface area contributed by atoms with Crippen LogP contribution in [-0.4, -0.2) is 35.9 Å². The SMILES string of the molecule is CC(C)(C)OC(=O)NCCCOc1ccc(C(=O)O)cc1. The van der Waals surface area contributed by atoms with Crippen LogP contribution in [-0.2, 0) is 4.74 Å². The fourth-order valence-corrected chi connectivity index (χ4v) is 1.46. The van der Waals surface area contributed by atoms with Crippen LogP contribution in [0.4, 0.5) is 4.79 Å². The monoisotopic (exact) mass is 295 g/mol. The number of carbonyl (C=O) groups excluding carboxylic acids is 1. The molecule has 6 nitrogen and oxygen atoms in total.